The smallest absolute Gasteiger partial charge is 0.162 e. The van der Waals surface area contributed by atoms with Crippen molar-refractivity contribution in [3.63, 3.8) is 0 Å². The summed E-state index contributed by atoms with van der Waals surface area (Å²) in [7, 11) is 0. The summed E-state index contributed by atoms with van der Waals surface area (Å²) in [4.78, 5) is 11.6. The fourth-order valence-corrected chi connectivity index (χ4v) is 1.92. The van der Waals surface area contributed by atoms with Gasteiger partial charge in [0.2, 0.25) is 0 Å². The molecule has 12 heavy (non-hydrogen) atoms. The van der Waals surface area contributed by atoms with Crippen LogP contribution in [-0.2, 0) is 4.79 Å². The normalized spacial score (nSPS) is 27.1. The first-order valence-corrected chi connectivity index (χ1v) is 4.33. The van der Waals surface area contributed by atoms with Gasteiger partial charge in [0.1, 0.15) is 0 Å². The molecule has 0 spiro atoms. The molecule has 66 valence electrons. The molecule has 0 N–H and O–H groups in total. The molecule has 0 aromatic rings. The minimum Gasteiger partial charge on any atom is -0.294 e. The molecule has 0 radical (unpaired) electrons. The van der Waals surface area contributed by atoms with Crippen LogP contribution in [0.3, 0.4) is 0 Å². The highest BCUT2D eigenvalue weighted by Gasteiger charge is 2.38. The Hall–Kier alpha value is -0.850. The predicted molar refractivity (Wildman–Crippen MR) is 50.8 cm³/mol. The van der Waals surface area contributed by atoms with Crippen LogP contribution < -0.4 is 0 Å². The third kappa shape index (κ3) is 1.36. The van der Waals surface area contributed by atoms with Crippen molar-refractivity contribution in [3.05, 3.63) is 24.3 Å². The van der Waals surface area contributed by atoms with E-state index in [1.54, 1.807) is 0 Å². The van der Waals surface area contributed by atoms with Crippen LogP contribution in [-0.4, -0.2) is 5.78 Å². The number of rotatable bonds is 2. The molecule has 0 fully saturated rings. The third-order valence-corrected chi connectivity index (χ3v) is 2.59. The lowest BCUT2D eigenvalue weighted by Gasteiger charge is -2.23. The lowest BCUT2D eigenvalue weighted by Crippen LogP contribution is -2.22. The number of ketones is 1. The van der Waals surface area contributed by atoms with Gasteiger partial charge in [0.25, 0.3) is 0 Å². The highest BCUT2D eigenvalue weighted by atomic mass is 16.1. The average molecular weight is 164 g/mol. The van der Waals surface area contributed by atoms with Crippen molar-refractivity contribution in [1.82, 2.24) is 0 Å². The van der Waals surface area contributed by atoms with Gasteiger partial charge in [-0.2, -0.15) is 0 Å². The van der Waals surface area contributed by atoms with Crippen LogP contribution in [0.1, 0.15) is 27.2 Å². The zero-order valence-electron chi connectivity index (χ0n) is 8.05. The summed E-state index contributed by atoms with van der Waals surface area (Å²) in [5.74, 6) is 0.412. The van der Waals surface area contributed by atoms with Gasteiger partial charge in [0.15, 0.2) is 5.78 Å². The van der Waals surface area contributed by atoms with Gasteiger partial charge in [-0.15, -0.1) is 6.58 Å². The molecule has 0 bridgehead atoms. The second kappa shape index (κ2) is 2.89. The molecular formula is C11H16O. The lowest BCUT2D eigenvalue weighted by molar-refractivity contribution is -0.120. The highest BCUT2D eigenvalue weighted by Crippen LogP contribution is 2.40. The molecule has 0 aliphatic heterocycles. The first-order chi connectivity index (χ1) is 5.49. The van der Waals surface area contributed by atoms with Crippen LogP contribution in [0.15, 0.2) is 24.3 Å². The van der Waals surface area contributed by atoms with E-state index in [0.717, 1.165) is 12.0 Å². The number of allylic oxidation sites excluding steroid dienone is 3. The highest BCUT2D eigenvalue weighted by molar-refractivity contribution is 6.00. The summed E-state index contributed by atoms with van der Waals surface area (Å²) in [6.45, 7) is 9.78. The van der Waals surface area contributed by atoms with Crippen LogP contribution in [0.2, 0.25) is 0 Å². The van der Waals surface area contributed by atoms with Gasteiger partial charge >= 0.3 is 0 Å². The molecule has 1 nitrogen and oxygen atoms in total. The Balaban J connectivity index is 2.90. The van der Waals surface area contributed by atoms with E-state index in [0.29, 0.717) is 5.78 Å². The van der Waals surface area contributed by atoms with Crippen LogP contribution in [0, 0.1) is 11.3 Å². The van der Waals surface area contributed by atoms with Gasteiger partial charge < -0.3 is 0 Å². The molecule has 0 aromatic carbocycles. The van der Waals surface area contributed by atoms with Gasteiger partial charge in [-0.05, 0) is 24.3 Å². The number of carbonyl (C=O) groups is 1. The van der Waals surface area contributed by atoms with E-state index in [-0.39, 0.29) is 11.3 Å². The van der Waals surface area contributed by atoms with Crippen molar-refractivity contribution >= 4 is 5.78 Å². The second-order valence-corrected chi connectivity index (χ2v) is 4.09. The van der Waals surface area contributed by atoms with E-state index >= 15 is 0 Å². The predicted octanol–water partition coefficient (Wildman–Crippen LogP) is 2.73. The van der Waals surface area contributed by atoms with E-state index in [1.165, 1.54) is 0 Å². The van der Waals surface area contributed by atoms with Gasteiger partial charge in [0, 0.05) is 5.92 Å². The summed E-state index contributed by atoms with van der Waals surface area (Å²) in [6.07, 6.45) is 4.69. The van der Waals surface area contributed by atoms with E-state index in [1.807, 2.05) is 13.0 Å². The summed E-state index contributed by atoms with van der Waals surface area (Å²) in [6, 6.07) is 0. The molecular weight excluding hydrogens is 148 g/mol. The maximum absolute atomic E-state index is 11.6. The number of Topliss-reactive ketones (excluding diaryl/α,β-unsaturated/α-hetero) is 1. The third-order valence-electron chi connectivity index (χ3n) is 2.59. The zero-order valence-corrected chi connectivity index (χ0v) is 8.05. The van der Waals surface area contributed by atoms with Gasteiger partial charge in [0.05, 0.1) is 0 Å². The molecule has 0 amide bonds. The van der Waals surface area contributed by atoms with Gasteiger partial charge in [-0.25, -0.2) is 0 Å². The Labute approximate surface area is 74.2 Å². The number of carbonyl (C=O) groups excluding carboxylic acids is 1. The first-order valence-electron chi connectivity index (χ1n) is 4.33. The fourth-order valence-electron chi connectivity index (χ4n) is 1.92. The summed E-state index contributed by atoms with van der Waals surface area (Å²) >= 11 is 0. The van der Waals surface area contributed by atoms with Crippen LogP contribution in [0.5, 0.6) is 0 Å². The monoisotopic (exact) mass is 164 g/mol. The quantitative estimate of drug-likeness (QED) is 0.573. The summed E-state index contributed by atoms with van der Waals surface area (Å²) in [5.41, 5.74) is 0.932. The molecule has 0 saturated carbocycles. The van der Waals surface area contributed by atoms with Gasteiger partial charge in [-0.1, -0.05) is 26.0 Å². The second-order valence-electron chi connectivity index (χ2n) is 4.09. The average Bonchev–Trinajstić information content (AvgIpc) is 2.13. The zero-order chi connectivity index (χ0) is 9.35. The van der Waals surface area contributed by atoms with E-state index in [4.69, 9.17) is 0 Å². The van der Waals surface area contributed by atoms with Crippen molar-refractivity contribution < 1.29 is 4.79 Å². The van der Waals surface area contributed by atoms with Crippen molar-refractivity contribution in [2.75, 3.05) is 0 Å². The molecule has 0 aromatic heterocycles. The number of hydrogen-bond acceptors (Lipinski definition) is 1. The van der Waals surface area contributed by atoms with Crippen molar-refractivity contribution in [3.8, 4) is 0 Å². The topological polar surface area (TPSA) is 17.1 Å². The van der Waals surface area contributed by atoms with E-state index in [2.05, 4.69) is 26.5 Å². The van der Waals surface area contributed by atoms with Crippen molar-refractivity contribution in [1.29, 1.82) is 0 Å². The fraction of sp³-hybridized carbons (Fsp3) is 0.545. The molecule has 1 rings (SSSR count). The minimum atomic E-state index is 0.0232. The largest absolute Gasteiger partial charge is 0.294 e. The Morgan fingerprint density at radius 2 is 2.25 bits per heavy atom. The van der Waals surface area contributed by atoms with Crippen LogP contribution in [0.25, 0.3) is 0 Å². The molecule has 0 saturated heterocycles. The molecule has 1 atom stereocenters. The van der Waals surface area contributed by atoms with E-state index < -0.39 is 0 Å². The first kappa shape index (κ1) is 9.24. The molecule has 1 heteroatoms. The number of hydrogen-bond donors (Lipinski definition) is 0. The Kier molecular flexibility index (Phi) is 2.22. The Morgan fingerprint density at radius 1 is 1.67 bits per heavy atom. The molecule has 0 heterocycles. The van der Waals surface area contributed by atoms with E-state index in [9.17, 15) is 4.79 Å². The lowest BCUT2D eigenvalue weighted by atomic mass is 9.79. The maximum atomic E-state index is 11.6. The molecule has 1 aliphatic rings. The SMILES string of the molecule is C=CCC1C(=O)C(C)=CC1(C)C. The van der Waals surface area contributed by atoms with Gasteiger partial charge in [-0.3, -0.25) is 4.79 Å². The molecule has 1 aliphatic carbocycles. The standard InChI is InChI=1S/C11H16O/c1-5-6-9-10(12)8(2)7-11(9,3)4/h5,7,9H,1,6H2,2-4H3. The maximum Gasteiger partial charge on any atom is 0.162 e. The minimum absolute atomic E-state index is 0.0232. The van der Waals surface area contributed by atoms with Crippen molar-refractivity contribution in [2.45, 2.75) is 27.2 Å². The summed E-state index contributed by atoms with van der Waals surface area (Å²) in [5, 5.41) is 0. The van der Waals surface area contributed by atoms with Crippen LogP contribution >= 0.6 is 0 Å². The Morgan fingerprint density at radius 3 is 2.58 bits per heavy atom. The van der Waals surface area contributed by atoms with Crippen molar-refractivity contribution in [2.24, 2.45) is 11.3 Å². The summed E-state index contributed by atoms with van der Waals surface area (Å²) < 4.78 is 0. The van der Waals surface area contributed by atoms with Crippen LogP contribution in [0.4, 0.5) is 0 Å². The Bertz CT molecular complexity index is 246. The molecule has 1 unspecified atom stereocenters.